The highest BCUT2D eigenvalue weighted by molar-refractivity contribution is 5.93. The first-order valence-electron chi connectivity index (χ1n) is 11.0. The first-order valence-corrected chi connectivity index (χ1v) is 11.0. The largest absolute Gasteiger partial charge is 0.457 e. The van der Waals surface area contributed by atoms with E-state index in [0.717, 1.165) is 55.4 Å². The molecular formula is C26H26N2O4. The van der Waals surface area contributed by atoms with E-state index in [2.05, 4.69) is 22.3 Å². The smallest absolute Gasteiger partial charge is 0.231 e. The van der Waals surface area contributed by atoms with Crippen molar-refractivity contribution in [3.05, 3.63) is 78.4 Å². The van der Waals surface area contributed by atoms with Gasteiger partial charge in [-0.15, -0.1) is 0 Å². The van der Waals surface area contributed by atoms with E-state index in [1.807, 2.05) is 60.7 Å². The van der Waals surface area contributed by atoms with E-state index in [4.69, 9.17) is 14.2 Å². The van der Waals surface area contributed by atoms with Crippen LogP contribution in [0.1, 0.15) is 18.4 Å². The number of nitrogens with zero attached hydrogens (tertiary/aromatic N) is 1. The molecule has 6 heteroatoms. The summed E-state index contributed by atoms with van der Waals surface area (Å²) in [5.41, 5.74) is 1.96. The summed E-state index contributed by atoms with van der Waals surface area (Å²) in [7, 11) is 0. The first kappa shape index (κ1) is 20.4. The van der Waals surface area contributed by atoms with E-state index in [9.17, 15) is 4.79 Å². The van der Waals surface area contributed by atoms with Gasteiger partial charge >= 0.3 is 0 Å². The minimum atomic E-state index is 0.0180. The van der Waals surface area contributed by atoms with Crippen LogP contribution in [0.25, 0.3) is 0 Å². The fourth-order valence-electron chi connectivity index (χ4n) is 4.16. The second-order valence-corrected chi connectivity index (χ2v) is 8.17. The van der Waals surface area contributed by atoms with Gasteiger partial charge in [-0.3, -0.25) is 9.69 Å². The van der Waals surface area contributed by atoms with Gasteiger partial charge in [0.05, 0.1) is 0 Å². The van der Waals surface area contributed by atoms with Gasteiger partial charge in [0.15, 0.2) is 11.5 Å². The molecule has 0 saturated carbocycles. The number of anilines is 1. The number of piperidine rings is 1. The highest BCUT2D eigenvalue weighted by Crippen LogP contribution is 2.34. The van der Waals surface area contributed by atoms with Crippen LogP contribution < -0.4 is 19.5 Å². The van der Waals surface area contributed by atoms with Crippen LogP contribution in [0.5, 0.6) is 23.0 Å². The van der Waals surface area contributed by atoms with E-state index in [0.29, 0.717) is 5.75 Å². The Morgan fingerprint density at radius 2 is 1.69 bits per heavy atom. The number of carbonyl (C=O) groups excluding carboxylic acids is 1. The van der Waals surface area contributed by atoms with E-state index >= 15 is 0 Å². The molecule has 2 aliphatic rings. The van der Waals surface area contributed by atoms with Gasteiger partial charge in [-0.1, -0.05) is 30.3 Å². The Hall–Kier alpha value is -3.51. The van der Waals surface area contributed by atoms with Gasteiger partial charge in [-0.25, -0.2) is 0 Å². The maximum absolute atomic E-state index is 12.7. The van der Waals surface area contributed by atoms with Gasteiger partial charge in [-0.05, 0) is 67.9 Å². The van der Waals surface area contributed by atoms with E-state index < -0.39 is 0 Å². The first-order chi connectivity index (χ1) is 15.7. The molecule has 1 amide bonds. The lowest BCUT2D eigenvalue weighted by Gasteiger charge is -2.31. The van der Waals surface area contributed by atoms with Gasteiger partial charge in [-0.2, -0.15) is 0 Å². The number of fused-ring (bicyclic) bond motifs is 1. The Bertz CT molecular complexity index is 1080. The van der Waals surface area contributed by atoms with Crippen molar-refractivity contribution in [1.82, 2.24) is 4.90 Å². The van der Waals surface area contributed by atoms with Crippen molar-refractivity contribution >= 4 is 11.6 Å². The lowest BCUT2D eigenvalue weighted by atomic mass is 9.95. The summed E-state index contributed by atoms with van der Waals surface area (Å²) < 4.78 is 16.7. The quantitative estimate of drug-likeness (QED) is 0.592. The number of benzene rings is 3. The van der Waals surface area contributed by atoms with Crippen LogP contribution in [-0.2, 0) is 11.3 Å². The second kappa shape index (κ2) is 9.32. The van der Waals surface area contributed by atoms with E-state index in [-0.39, 0.29) is 18.6 Å². The van der Waals surface area contributed by atoms with Crippen molar-refractivity contribution in [2.75, 3.05) is 25.2 Å². The van der Waals surface area contributed by atoms with Crippen LogP contribution in [-0.4, -0.2) is 30.7 Å². The van der Waals surface area contributed by atoms with Crippen LogP contribution in [0.2, 0.25) is 0 Å². The topological polar surface area (TPSA) is 60.0 Å². The van der Waals surface area contributed by atoms with Crippen LogP contribution in [0.4, 0.5) is 5.69 Å². The number of likely N-dealkylation sites (tertiary alicyclic amines) is 1. The fraction of sp³-hybridized carbons (Fsp3) is 0.269. The molecule has 2 aliphatic heterocycles. The number of ether oxygens (including phenoxy) is 3. The normalized spacial score (nSPS) is 16.0. The zero-order valence-electron chi connectivity index (χ0n) is 17.8. The van der Waals surface area contributed by atoms with Gasteiger partial charge < -0.3 is 19.5 Å². The third-order valence-corrected chi connectivity index (χ3v) is 5.88. The second-order valence-electron chi connectivity index (χ2n) is 8.17. The number of hydrogen-bond donors (Lipinski definition) is 1. The Kier molecular flexibility index (Phi) is 5.94. The lowest BCUT2D eigenvalue weighted by Crippen LogP contribution is -2.37. The fourth-order valence-corrected chi connectivity index (χ4v) is 4.16. The molecule has 0 unspecified atom stereocenters. The highest BCUT2D eigenvalue weighted by atomic mass is 16.7. The minimum absolute atomic E-state index is 0.0180. The van der Waals surface area contributed by atoms with Crippen molar-refractivity contribution in [1.29, 1.82) is 0 Å². The molecule has 1 fully saturated rings. The van der Waals surface area contributed by atoms with Crippen LogP contribution in [0, 0.1) is 5.92 Å². The number of rotatable bonds is 6. The van der Waals surface area contributed by atoms with Gasteiger partial charge in [0.2, 0.25) is 12.7 Å². The zero-order chi connectivity index (χ0) is 21.8. The number of nitrogens with one attached hydrogen (secondary N) is 1. The Balaban J connectivity index is 1.12. The Morgan fingerprint density at radius 3 is 2.53 bits per heavy atom. The highest BCUT2D eigenvalue weighted by Gasteiger charge is 2.25. The molecular weight excluding hydrogens is 404 g/mol. The van der Waals surface area contributed by atoms with E-state index in [1.54, 1.807) is 0 Å². The molecule has 5 rings (SSSR count). The predicted molar refractivity (Wildman–Crippen MR) is 122 cm³/mol. The molecule has 0 spiro atoms. The molecule has 6 nitrogen and oxygen atoms in total. The molecule has 1 saturated heterocycles. The summed E-state index contributed by atoms with van der Waals surface area (Å²) in [6, 6.07) is 23.5. The van der Waals surface area contributed by atoms with Gasteiger partial charge in [0, 0.05) is 24.2 Å². The average molecular weight is 431 g/mol. The van der Waals surface area contributed by atoms with Crippen molar-refractivity contribution in [3.63, 3.8) is 0 Å². The molecule has 32 heavy (non-hydrogen) atoms. The molecule has 0 radical (unpaired) electrons. The summed E-state index contributed by atoms with van der Waals surface area (Å²) in [4.78, 5) is 15.1. The summed E-state index contributed by atoms with van der Waals surface area (Å²) in [6.07, 6.45) is 1.69. The molecule has 0 aliphatic carbocycles. The zero-order valence-corrected chi connectivity index (χ0v) is 17.8. The van der Waals surface area contributed by atoms with Crippen molar-refractivity contribution in [2.24, 2.45) is 5.92 Å². The Morgan fingerprint density at radius 1 is 0.906 bits per heavy atom. The van der Waals surface area contributed by atoms with Gasteiger partial charge in [0.1, 0.15) is 11.5 Å². The summed E-state index contributed by atoms with van der Waals surface area (Å²) in [6.45, 7) is 2.86. The third-order valence-electron chi connectivity index (χ3n) is 5.88. The maximum atomic E-state index is 12.7. The predicted octanol–water partition coefficient (Wildman–Crippen LogP) is 5.06. The average Bonchev–Trinajstić information content (AvgIpc) is 3.28. The van der Waals surface area contributed by atoms with Crippen LogP contribution >= 0.6 is 0 Å². The number of hydrogen-bond acceptors (Lipinski definition) is 5. The molecule has 1 N–H and O–H groups in total. The monoisotopic (exact) mass is 430 g/mol. The molecule has 0 aromatic heterocycles. The molecule has 164 valence electrons. The van der Waals surface area contributed by atoms with Crippen molar-refractivity contribution in [2.45, 2.75) is 19.4 Å². The number of amides is 1. The van der Waals surface area contributed by atoms with Crippen LogP contribution in [0.15, 0.2) is 72.8 Å². The maximum Gasteiger partial charge on any atom is 0.231 e. The number of carbonyl (C=O) groups is 1. The third kappa shape index (κ3) is 4.86. The molecule has 2 heterocycles. The summed E-state index contributed by atoms with van der Waals surface area (Å²) in [5, 5.41) is 3.03. The summed E-state index contributed by atoms with van der Waals surface area (Å²) >= 11 is 0. The van der Waals surface area contributed by atoms with E-state index in [1.165, 1.54) is 5.56 Å². The lowest BCUT2D eigenvalue weighted by molar-refractivity contribution is -0.121. The minimum Gasteiger partial charge on any atom is -0.457 e. The molecule has 3 aromatic rings. The number of para-hydroxylation sites is 1. The Labute approximate surface area is 187 Å². The standard InChI is InChI=1S/C26H26N2O4/c29-26(27-21-9-10-24-25(16-21)31-18-30-24)20-11-13-28(14-12-20)17-19-5-4-8-23(15-19)32-22-6-2-1-3-7-22/h1-10,15-16,20H,11-14,17-18H2,(H,27,29). The molecule has 0 bridgehead atoms. The van der Waals surface area contributed by atoms with Crippen molar-refractivity contribution < 1.29 is 19.0 Å². The van der Waals surface area contributed by atoms with Crippen LogP contribution in [0.3, 0.4) is 0 Å². The molecule has 0 atom stereocenters. The van der Waals surface area contributed by atoms with Gasteiger partial charge in [0.25, 0.3) is 0 Å². The van der Waals surface area contributed by atoms with Crippen molar-refractivity contribution in [3.8, 4) is 23.0 Å². The summed E-state index contributed by atoms with van der Waals surface area (Å²) in [5.74, 6) is 3.16. The molecule has 3 aromatic carbocycles. The SMILES string of the molecule is O=C(Nc1ccc2c(c1)OCO2)C1CCN(Cc2cccc(Oc3ccccc3)c2)CC1.